The molecule has 2 rings (SSSR count). The highest BCUT2D eigenvalue weighted by Crippen LogP contribution is 2.54. The van der Waals surface area contributed by atoms with E-state index in [1.54, 1.807) is 13.1 Å². The number of nitrogens with one attached hydrogen (secondary N) is 1. The molecule has 4 heteroatoms. The van der Waals surface area contributed by atoms with Crippen LogP contribution in [0.5, 0.6) is 0 Å². The highest BCUT2D eigenvalue weighted by atomic mass is 35.5. The van der Waals surface area contributed by atoms with Crippen molar-refractivity contribution >= 4 is 11.6 Å². The monoisotopic (exact) mass is 243 g/mol. The van der Waals surface area contributed by atoms with E-state index in [1.165, 1.54) is 12.1 Å². The van der Waals surface area contributed by atoms with Gasteiger partial charge in [-0.25, -0.2) is 4.39 Å². The second-order valence-electron chi connectivity index (χ2n) is 4.41. The molecule has 2 N–H and O–H groups in total. The molecule has 2 nitrogen and oxygen atoms in total. The van der Waals surface area contributed by atoms with Crippen LogP contribution in [0.3, 0.4) is 0 Å². The minimum Gasteiger partial charge on any atom is -0.396 e. The lowest BCUT2D eigenvalue weighted by Gasteiger charge is -2.25. The lowest BCUT2D eigenvalue weighted by atomic mass is 9.90. The second-order valence-corrected chi connectivity index (χ2v) is 4.84. The number of aliphatic hydroxyl groups is 1. The predicted octanol–water partition coefficient (Wildman–Crippen LogP) is 2.51. The molecule has 0 aliphatic heterocycles. The SMILES string of the molecule is CNC(c1cc(Cl)ccc1F)C1(CO)CC1. The molecule has 1 aromatic rings. The highest BCUT2D eigenvalue weighted by Gasteiger charge is 2.49. The van der Waals surface area contributed by atoms with Crippen molar-refractivity contribution in [2.75, 3.05) is 13.7 Å². The Balaban J connectivity index is 2.37. The van der Waals surface area contributed by atoms with Crippen molar-refractivity contribution in [3.8, 4) is 0 Å². The largest absolute Gasteiger partial charge is 0.396 e. The van der Waals surface area contributed by atoms with Crippen LogP contribution in [0.25, 0.3) is 0 Å². The third-order valence-electron chi connectivity index (χ3n) is 3.38. The number of hydrogen-bond donors (Lipinski definition) is 2. The Morgan fingerprint density at radius 2 is 2.25 bits per heavy atom. The van der Waals surface area contributed by atoms with Crippen LogP contribution in [0.15, 0.2) is 18.2 Å². The number of halogens is 2. The molecule has 1 aromatic carbocycles. The summed E-state index contributed by atoms with van der Waals surface area (Å²) in [4.78, 5) is 0. The molecule has 1 unspecified atom stereocenters. The molecule has 0 aromatic heterocycles. The standard InChI is InChI=1S/C12H15ClFNO/c1-15-11(12(7-16)4-5-12)9-6-8(13)2-3-10(9)14/h2-3,6,11,15-16H,4-5,7H2,1H3. The molecular weight excluding hydrogens is 229 g/mol. The van der Waals surface area contributed by atoms with E-state index >= 15 is 0 Å². The summed E-state index contributed by atoms with van der Waals surface area (Å²) in [5.74, 6) is -0.275. The summed E-state index contributed by atoms with van der Waals surface area (Å²) in [5.41, 5.74) is 0.335. The van der Waals surface area contributed by atoms with Crippen LogP contribution < -0.4 is 5.32 Å². The zero-order valence-corrected chi connectivity index (χ0v) is 9.89. The summed E-state index contributed by atoms with van der Waals surface area (Å²) >= 11 is 5.87. The average molecular weight is 244 g/mol. The van der Waals surface area contributed by atoms with E-state index in [1.807, 2.05) is 0 Å². The van der Waals surface area contributed by atoms with Crippen molar-refractivity contribution in [3.05, 3.63) is 34.6 Å². The maximum absolute atomic E-state index is 13.7. The highest BCUT2D eigenvalue weighted by molar-refractivity contribution is 6.30. The lowest BCUT2D eigenvalue weighted by Crippen LogP contribution is -2.29. The van der Waals surface area contributed by atoms with Crippen LogP contribution in [0.4, 0.5) is 4.39 Å². The molecule has 1 aliphatic rings. The first-order valence-electron chi connectivity index (χ1n) is 5.36. The van der Waals surface area contributed by atoms with Gasteiger partial charge in [-0.2, -0.15) is 0 Å². The normalized spacial score (nSPS) is 19.5. The molecule has 0 saturated heterocycles. The summed E-state index contributed by atoms with van der Waals surface area (Å²) < 4.78 is 13.7. The average Bonchev–Trinajstić information content (AvgIpc) is 3.05. The minimum atomic E-state index is -0.275. The summed E-state index contributed by atoms with van der Waals surface area (Å²) in [7, 11) is 1.78. The Morgan fingerprint density at radius 3 is 2.75 bits per heavy atom. The van der Waals surface area contributed by atoms with Crippen LogP contribution >= 0.6 is 11.6 Å². The number of benzene rings is 1. The van der Waals surface area contributed by atoms with E-state index in [0.717, 1.165) is 12.8 Å². The number of rotatable bonds is 4. The van der Waals surface area contributed by atoms with E-state index in [-0.39, 0.29) is 23.9 Å². The summed E-state index contributed by atoms with van der Waals surface area (Å²) in [5, 5.41) is 13.0. The quantitative estimate of drug-likeness (QED) is 0.852. The van der Waals surface area contributed by atoms with Crippen molar-refractivity contribution in [2.24, 2.45) is 5.41 Å². The predicted molar refractivity (Wildman–Crippen MR) is 62.0 cm³/mol. The third kappa shape index (κ3) is 1.95. The van der Waals surface area contributed by atoms with Gasteiger partial charge in [0, 0.05) is 22.0 Å². The Labute approximate surface area is 99.4 Å². The van der Waals surface area contributed by atoms with Crippen molar-refractivity contribution < 1.29 is 9.50 Å². The molecule has 1 fully saturated rings. The Kier molecular flexibility index (Phi) is 3.19. The lowest BCUT2D eigenvalue weighted by molar-refractivity contribution is 0.173. The first kappa shape index (κ1) is 11.8. The first-order chi connectivity index (χ1) is 7.63. The van der Waals surface area contributed by atoms with Gasteiger partial charge >= 0.3 is 0 Å². The van der Waals surface area contributed by atoms with Crippen LogP contribution in [-0.4, -0.2) is 18.8 Å². The molecule has 88 valence electrons. The van der Waals surface area contributed by atoms with Gasteiger partial charge in [-0.05, 0) is 38.1 Å². The van der Waals surface area contributed by atoms with Gasteiger partial charge < -0.3 is 10.4 Å². The molecule has 1 atom stereocenters. The zero-order chi connectivity index (χ0) is 11.8. The van der Waals surface area contributed by atoms with Crippen molar-refractivity contribution in [3.63, 3.8) is 0 Å². The van der Waals surface area contributed by atoms with E-state index in [0.29, 0.717) is 10.6 Å². The maximum Gasteiger partial charge on any atom is 0.128 e. The topological polar surface area (TPSA) is 32.3 Å². The van der Waals surface area contributed by atoms with Gasteiger partial charge in [0.05, 0.1) is 6.61 Å². The van der Waals surface area contributed by atoms with Gasteiger partial charge in [0.1, 0.15) is 5.82 Å². The van der Waals surface area contributed by atoms with Crippen molar-refractivity contribution in [1.29, 1.82) is 0 Å². The van der Waals surface area contributed by atoms with Gasteiger partial charge in [0.2, 0.25) is 0 Å². The Hall–Kier alpha value is -0.640. The molecule has 1 aliphatic carbocycles. The van der Waals surface area contributed by atoms with E-state index in [9.17, 15) is 9.50 Å². The van der Waals surface area contributed by atoms with E-state index in [2.05, 4.69) is 5.32 Å². The van der Waals surface area contributed by atoms with E-state index < -0.39 is 0 Å². The fraction of sp³-hybridized carbons (Fsp3) is 0.500. The van der Waals surface area contributed by atoms with Gasteiger partial charge in [-0.1, -0.05) is 11.6 Å². The fourth-order valence-electron chi connectivity index (χ4n) is 2.23. The van der Waals surface area contributed by atoms with Gasteiger partial charge in [-0.15, -0.1) is 0 Å². The van der Waals surface area contributed by atoms with E-state index in [4.69, 9.17) is 11.6 Å². The molecule has 1 saturated carbocycles. The summed E-state index contributed by atoms with van der Waals surface area (Å²) in [6.07, 6.45) is 1.84. The van der Waals surface area contributed by atoms with Crippen molar-refractivity contribution in [2.45, 2.75) is 18.9 Å². The summed E-state index contributed by atoms with van der Waals surface area (Å²) in [6, 6.07) is 4.37. The smallest absolute Gasteiger partial charge is 0.128 e. The first-order valence-corrected chi connectivity index (χ1v) is 5.74. The molecule has 0 spiro atoms. The van der Waals surface area contributed by atoms with Gasteiger partial charge in [0.25, 0.3) is 0 Å². The van der Waals surface area contributed by atoms with Crippen LogP contribution in [0, 0.1) is 11.2 Å². The number of aliphatic hydroxyl groups excluding tert-OH is 1. The Morgan fingerprint density at radius 1 is 1.56 bits per heavy atom. The molecule has 0 radical (unpaired) electrons. The zero-order valence-electron chi connectivity index (χ0n) is 9.13. The van der Waals surface area contributed by atoms with Crippen molar-refractivity contribution in [1.82, 2.24) is 5.32 Å². The fourth-order valence-corrected chi connectivity index (χ4v) is 2.41. The van der Waals surface area contributed by atoms with Gasteiger partial charge in [-0.3, -0.25) is 0 Å². The molecule has 0 amide bonds. The molecule has 0 heterocycles. The molecular formula is C12H15ClFNO. The summed E-state index contributed by atoms with van der Waals surface area (Å²) in [6.45, 7) is 0.0739. The van der Waals surface area contributed by atoms with Gasteiger partial charge in [0.15, 0.2) is 0 Å². The third-order valence-corrected chi connectivity index (χ3v) is 3.61. The van der Waals surface area contributed by atoms with Crippen LogP contribution in [-0.2, 0) is 0 Å². The molecule has 16 heavy (non-hydrogen) atoms. The minimum absolute atomic E-state index is 0.0739. The van der Waals surface area contributed by atoms with Crippen LogP contribution in [0.1, 0.15) is 24.4 Å². The van der Waals surface area contributed by atoms with Crippen LogP contribution in [0.2, 0.25) is 5.02 Å². The second kappa shape index (κ2) is 4.32. The Bertz CT molecular complexity index is 393. The molecule has 0 bridgehead atoms. The number of hydrogen-bond acceptors (Lipinski definition) is 2. The maximum atomic E-state index is 13.7.